The molecule has 0 spiro atoms. The number of aliphatic hydroxyl groups is 1. The second-order valence-electron chi connectivity index (χ2n) is 5.07. The number of aryl methyl sites for hydroxylation is 1. The molecular formula is C12H18BrNO4S2. The van der Waals surface area contributed by atoms with Crippen LogP contribution in [0.3, 0.4) is 0 Å². The predicted octanol–water partition coefficient (Wildman–Crippen LogP) is 1.98. The maximum absolute atomic E-state index is 12.6. The Morgan fingerprint density at radius 1 is 1.50 bits per heavy atom. The summed E-state index contributed by atoms with van der Waals surface area (Å²) in [5.74, 6) is 0. The van der Waals surface area contributed by atoms with Gasteiger partial charge >= 0.3 is 0 Å². The van der Waals surface area contributed by atoms with Crippen LogP contribution in [0.15, 0.2) is 14.7 Å². The number of likely N-dealkylation sites (N-methyl/N-ethyl adjacent to an activating group) is 1. The molecule has 0 bridgehead atoms. The number of ether oxygens (including phenoxy) is 1. The maximum Gasteiger partial charge on any atom is 0.244 e. The lowest BCUT2D eigenvalue weighted by Crippen LogP contribution is -2.47. The number of hydrogen-bond donors (Lipinski definition) is 1. The van der Waals surface area contributed by atoms with E-state index in [-0.39, 0.29) is 6.54 Å². The molecule has 5 nitrogen and oxygen atoms in total. The third kappa shape index (κ3) is 3.42. The second kappa shape index (κ2) is 6.02. The van der Waals surface area contributed by atoms with E-state index in [2.05, 4.69) is 15.9 Å². The van der Waals surface area contributed by atoms with Crippen molar-refractivity contribution in [2.75, 3.05) is 26.8 Å². The minimum absolute atomic E-state index is 0.0889. The van der Waals surface area contributed by atoms with Gasteiger partial charge in [-0.3, -0.25) is 0 Å². The molecule has 0 atom stereocenters. The van der Waals surface area contributed by atoms with Crippen molar-refractivity contribution in [3.63, 3.8) is 0 Å². The molecule has 8 heteroatoms. The summed E-state index contributed by atoms with van der Waals surface area (Å²) in [5.41, 5.74) is -0.999. The van der Waals surface area contributed by atoms with Gasteiger partial charge in [-0.1, -0.05) is 0 Å². The number of hydrogen-bond acceptors (Lipinski definition) is 5. The monoisotopic (exact) mass is 383 g/mol. The van der Waals surface area contributed by atoms with Crippen LogP contribution in [-0.4, -0.2) is 50.2 Å². The summed E-state index contributed by atoms with van der Waals surface area (Å²) in [6, 6.07) is 1.61. The van der Waals surface area contributed by atoms with Crippen LogP contribution in [0.2, 0.25) is 0 Å². The molecule has 1 saturated heterocycles. The lowest BCUT2D eigenvalue weighted by atomic mass is 9.95. The normalized spacial score (nSPS) is 19.4. The molecule has 0 amide bonds. The average molecular weight is 384 g/mol. The van der Waals surface area contributed by atoms with Crippen LogP contribution in [0.4, 0.5) is 0 Å². The Morgan fingerprint density at radius 2 is 2.10 bits per heavy atom. The molecule has 0 unspecified atom stereocenters. The van der Waals surface area contributed by atoms with Gasteiger partial charge < -0.3 is 9.84 Å². The maximum atomic E-state index is 12.6. The van der Waals surface area contributed by atoms with E-state index in [9.17, 15) is 13.5 Å². The van der Waals surface area contributed by atoms with E-state index in [0.717, 1.165) is 8.66 Å². The van der Waals surface area contributed by atoms with Crippen LogP contribution in [0.1, 0.15) is 17.7 Å². The van der Waals surface area contributed by atoms with Crippen molar-refractivity contribution in [3.05, 3.63) is 14.7 Å². The summed E-state index contributed by atoms with van der Waals surface area (Å²) in [6.45, 7) is 2.80. The van der Waals surface area contributed by atoms with Gasteiger partial charge in [-0.05, 0) is 28.9 Å². The fraction of sp³-hybridized carbons (Fsp3) is 0.667. The molecule has 1 aliphatic rings. The van der Waals surface area contributed by atoms with Crippen molar-refractivity contribution in [2.45, 2.75) is 30.3 Å². The van der Waals surface area contributed by atoms with E-state index in [4.69, 9.17) is 4.74 Å². The van der Waals surface area contributed by atoms with Gasteiger partial charge in [0.15, 0.2) is 0 Å². The van der Waals surface area contributed by atoms with Gasteiger partial charge in [-0.15, -0.1) is 11.3 Å². The van der Waals surface area contributed by atoms with Crippen molar-refractivity contribution >= 4 is 37.3 Å². The van der Waals surface area contributed by atoms with E-state index < -0.39 is 15.6 Å². The zero-order chi connectivity index (χ0) is 15.0. The van der Waals surface area contributed by atoms with Crippen molar-refractivity contribution in [1.29, 1.82) is 0 Å². The molecule has 0 aliphatic carbocycles. The van der Waals surface area contributed by atoms with Crippen molar-refractivity contribution in [3.8, 4) is 0 Å². The summed E-state index contributed by atoms with van der Waals surface area (Å²) < 4.78 is 32.3. The summed E-state index contributed by atoms with van der Waals surface area (Å²) in [7, 11) is -2.07. The SMILES string of the molecule is Cc1sc(Br)cc1S(=O)(=O)N(C)CC1(O)CCOCC1. The first-order valence-corrected chi connectivity index (χ1v) is 9.32. The van der Waals surface area contributed by atoms with Gasteiger partial charge in [0.1, 0.15) is 0 Å². The highest BCUT2D eigenvalue weighted by Gasteiger charge is 2.35. The average Bonchev–Trinajstić information content (AvgIpc) is 2.69. The Labute approximate surface area is 131 Å². The van der Waals surface area contributed by atoms with Gasteiger partial charge in [0, 0.05) is 44.5 Å². The van der Waals surface area contributed by atoms with Crippen molar-refractivity contribution < 1.29 is 18.3 Å². The van der Waals surface area contributed by atoms with E-state index in [1.54, 1.807) is 13.0 Å². The summed E-state index contributed by atoms with van der Waals surface area (Å²) in [6.07, 6.45) is 0.915. The Kier molecular flexibility index (Phi) is 4.93. The quantitative estimate of drug-likeness (QED) is 0.862. The molecule has 0 saturated carbocycles. The molecular weight excluding hydrogens is 366 g/mol. The van der Waals surface area contributed by atoms with Gasteiger partial charge in [-0.2, -0.15) is 4.31 Å². The van der Waals surface area contributed by atoms with Crippen LogP contribution in [0.25, 0.3) is 0 Å². The Bertz CT molecular complexity index is 578. The van der Waals surface area contributed by atoms with Gasteiger partial charge in [0.05, 0.1) is 14.3 Å². The van der Waals surface area contributed by atoms with Crippen LogP contribution >= 0.6 is 27.3 Å². The van der Waals surface area contributed by atoms with E-state index in [0.29, 0.717) is 31.0 Å². The molecule has 2 rings (SSSR count). The Morgan fingerprint density at radius 3 is 2.60 bits per heavy atom. The van der Waals surface area contributed by atoms with E-state index >= 15 is 0 Å². The molecule has 2 heterocycles. The zero-order valence-electron chi connectivity index (χ0n) is 11.4. The van der Waals surface area contributed by atoms with Crippen LogP contribution in [0, 0.1) is 6.92 Å². The van der Waals surface area contributed by atoms with Gasteiger partial charge in [0.25, 0.3) is 0 Å². The van der Waals surface area contributed by atoms with Crippen molar-refractivity contribution in [1.82, 2.24) is 4.31 Å². The minimum Gasteiger partial charge on any atom is -0.388 e. The second-order valence-corrected chi connectivity index (χ2v) is 9.72. The number of thiophene rings is 1. The molecule has 1 aromatic rings. The number of halogens is 1. The molecule has 1 aromatic heterocycles. The third-order valence-corrected chi connectivity index (χ3v) is 7.08. The highest BCUT2D eigenvalue weighted by atomic mass is 79.9. The largest absolute Gasteiger partial charge is 0.388 e. The van der Waals surface area contributed by atoms with Crippen LogP contribution in [0.5, 0.6) is 0 Å². The minimum atomic E-state index is -3.57. The van der Waals surface area contributed by atoms with Crippen molar-refractivity contribution in [2.24, 2.45) is 0 Å². The topological polar surface area (TPSA) is 66.8 Å². The number of rotatable bonds is 4. The first-order valence-electron chi connectivity index (χ1n) is 6.27. The lowest BCUT2D eigenvalue weighted by molar-refractivity contribution is -0.0689. The summed E-state index contributed by atoms with van der Waals surface area (Å²) in [5, 5.41) is 10.4. The molecule has 1 fully saturated rings. The molecule has 1 N–H and O–H groups in total. The molecule has 1 aliphatic heterocycles. The molecule has 114 valence electrons. The fourth-order valence-corrected chi connectivity index (χ4v) is 5.89. The zero-order valence-corrected chi connectivity index (χ0v) is 14.6. The van der Waals surface area contributed by atoms with Gasteiger partial charge in [-0.25, -0.2) is 8.42 Å². The summed E-state index contributed by atoms with van der Waals surface area (Å²) in [4.78, 5) is 1.04. The standard InChI is InChI=1S/C12H18BrNO4S2/c1-9-10(7-11(13)19-9)20(16,17)14(2)8-12(15)3-5-18-6-4-12/h7,15H,3-6,8H2,1-2H3. The van der Waals surface area contributed by atoms with Crippen LogP contribution in [-0.2, 0) is 14.8 Å². The third-order valence-electron chi connectivity index (χ3n) is 3.47. The lowest BCUT2D eigenvalue weighted by Gasteiger charge is -2.34. The summed E-state index contributed by atoms with van der Waals surface area (Å²) >= 11 is 4.69. The molecule has 0 radical (unpaired) electrons. The highest BCUT2D eigenvalue weighted by molar-refractivity contribution is 9.11. The Hall–Kier alpha value is 0.01000. The fourth-order valence-electron chi connectivity index (χ4n) is 2.26. The predicted molar refractivity (Wildman–Crippen MR) is 81.6 cm³/mol. The number of nitrogens with zero attached hydrogens (tertiary/aromatic N) is 1. The molecule has 0 aromatic carbocycles. The Balaban J connectivity index is 2.19. The van der Waals surface area contributed by atoms with Crippen LogP contribution < -0.4 is 0 Å². The first-order chi connectivity index (χ1) is 9.24. The van der Waals surface area contributed by atoms with E-state index in [1.165, 1.54) is 22.7 Å². The highest BCUT2D eigenvalue weighted by Crippen LogP contribution is 2.32. The first kappa shape index (κ1) is 16.4. The van der Waals surface area contributed by atoms with E-state index in [1.807, 2.05) is 0 Å². The van der Waals surface area contributed by atoms with Gasteiger partial charge in [0.2, 0.25) is 10.0 Å². The molecule has 20 heavy (non-hydrogen) atoms. The number of sulfonamides is 1. The smallest absolute Gasteiger partial charge is 0.244 e.